The fraction of sp³-hybridized carbons (Fsp3) is 0.167. The molecule has 6 heteroatoms. The van der Waals surface area contributed by atoms with Crippen LogP contribution in [-0.4, -0.2) is 24.2 Å². The Hall–Kier alpha value is -3.38. The van der Waals surface area contributed by atoms with Gasteiger partial charge in [-0.1, -0.05) is 42.5 Å². The van der Waals surface area contributed by atoms with E-state index in [-0.39, 0.29) is 11.0 Å². The summed E-state index contributed by atoms with van der Waals surface area (Å²) in [5.41, 5.74) is 2.43. The highest BCUT2D eigenvalue weighted by Crippen LogP contribution is 2.18. The van der Waals surface area contributed by atoms with Crippen LogP contribution in [0.15, 0.2) is 78.9 Å². The first-order valence-corrected chi connectivity index (χ1v) is 10.2. The number of amides is 1. The highest BCUT2D eigenvalue weighted by molar-refractivity contribution is 7.80. The third kappa shape index (κ3) is 6.32. The molecule has 0 spiro atoms. The van der Waals surface area contributed by atoms with Crippen LogP contribution in [-0.2, 0) is 6.42 Å². The van der Waals surface area contributed by atoms with Crippen LogP contribution in [0.3, 0.4) is 0 Å². The number of hydrogen-bond donors (Lipinski definition) is 2. The summed E-state index contributed by atoms with van der Waals surface area (Å²) in [5.74, 6) is 0.979. The molecule has 0 bridgehead atoms. The second-order valence-corrected chi connectivity index (χ2v) is 6.85. The summed E-state index contributed by atoms with van der Waals surface area (Å²) >= 11 is 5.26. The zero-order chi connectivity index (χ0) is 21.2. The van der Waals surface area contributed by atoms with Gasteiger partial charge in [0, 0.05) is 12.1 Å². The minimum atomic E-state index is -0.322. The fourth-order valence-corrected chi connectivity index (χ4v) is 3.04. The monoisotopic (exact) mass is 420 g/mol. The molecule has 0 saturated carbocycles. The average molecular weight is 421 g/mol. The lowest BCUT2D eigenvalue weighted by Gasteiger charge is -2.13. The van der Waals surface area contributed by atoms with Crippen LogP contribution in [0.2, 0.25) is 0 Å². The molecular formula is C24H24N2O3S. The van der Waals surface area contributed by atoms with E-state index in [1.165, 1.54) is 5.56 Å². The van der Waals surface area contributed by atoms with Gasteiger partial charge in [-0.15, -0.1) is 0 Å². The topological polar surface area (TPSA) is 59.6 Å². The van der Waals surface area contributed by atoms with Crippen molar-refractivity contribution < 1.29 is 14.3 Å². The zero-order valence-electron chi connectivity index (χ0n) is 16.8. The van der Waals surface area contributed by atoms with E-state index in [1.54, 1.807) is 18.2 Å². The Labute approximate surface area is 182 Å². The Morgan fingerprint density at radius 3 is 2.33 bits per heavy atom. The summed E-state index contributed by atoms with van der Waals surface area (Å²) in [6.45, 7) is 2.95. The molecule has 0 aliphatic carbocycles. The summed E-state index contributed by atoms with van der Waals surface area (Å²) in [7, 11) is 0. The van der Waals surface area contributed by atoms with Gasteiger partial charge in [-0.25, -0.2) is 0 Å². The van der Waals surface area contributed by atoms with Crippen molar-refractivity contribution in [1.29, 1.82) is 0 Å². The molecular weight excluding hydrogens is 396 g/mol. The van der Waals surface area contributed by atoms with Gasteiger partial charge in [-0.3, -0.25) is 10.1 Å². The quantitative estimate of drug-likeness (QED) is 0.511. The second-order valence-electron chi connectivity index (χ2n) is 6.45. The Morgan fingerprint density at radius 1 is 0.900 bits per heavy atom. The normalized spacial score (nSPS) is 10.2. The molecule has 0 radical (unpaired) electrons. The molecule has 3 aromatic carbocycles. The Balaban J connectivity index is 1.49. The van der Waals surface area contributed by atoms with Crippen molar-refractivity contribution >= 4 is 28.9 Å². The van der Waals surface area contributed by atoms with Gasteiger partial charge in [0.05, 0.1) is 18.8 Å². The number of anilines is 1. The van der Waals surface area contributed by atoms with E-state index in [2.05, 4.69) is 22.8 Å². The van der Waals surface area contributed by atoms with E-state index < -0.39 is 0 Å². The standard InChI is InChI=1S/C24H24N2O3S/c1-2-28-22-11-7-6-10-21(22)23(27)26-24(30)25-19-12-14-20(15-13-19)29-17-16-18-8-4-3-5-9-18/h3-15H,2,16-17H2,1H3,(H2,25,26,27,30). The van der Waals surface area contributed by atoms with Gasteiger partial charge in [0.25, 0.3) is 5.91 Å². The molecule has 3 rings (SSSR count). The van der Waals surface area contributed by atoms with Crippen LogP contribution in [0.4, 0.5) is 5.69 Å². The van der Waals surface area contributed by atoms with E-state index in [1.807, 2.05) is 55.5 Å². The number of hydrogen-bond acceptors (Lipinski definition) is 4. The van der Waals surface area contributed by atoms with E-state index >= 15 is 0 Å². The van der Waals surface area contributed by atoms with Crippen LogP contribution in [0.1, 0.15) is 22.8 Å². The van der Waals surface area contributed by atoms with E-state index in [0.717, 1.165) is 17.9 Å². The van der Waals surface area contributed by atoms with Gasteiger partial charge in [0.15, 0.2) is 5.11 Å². The molecule has 30 heavy (non-hydrogen) atoms. The fourth-order valence-electron chi connectivity index (χ4n) is 2.83. The smallest absolute Gasteiger partial charge is 0.261 e. The number of carbonyl (C=O) groups is 1. The van der Waals surface area contributed by atoms with Crippen molar-refractivity contribution in [1.82, 2.24) is 5.32 Å². The molecule has 5 nitrogen and oxygen atoms in total. The van der Waals surface area contributed by atoms with Crippen molar-refractivity contribution in [2.24, 2.45) is 0 Å². The third-order valence-electron chi connectivity index (χ3n) is 4.27. The molecule has 0 aliphatic heterocycles. The Kier molecular flexibility index (Phi) is 7.80. The lowest BCUT2D eigenvalue weighted by Crippen LogP contribution is -2.34. The number of nitrogens with one attached hydrogen (secondary N) is 2. The minimum Gasteiger partial charge on any atom is -0.493 e. The van der Waals surface area contributed by atoms with E-state index in [9.17, 15) is 4.79 Å². The number of ether oxygens (including phenoxy) is 2. The van der Waals surface area contributed by atoms with E-state index in [0.29, 0.717) is 24.5 Å². The summed E-state index contributed by atoms with van der Waals surface area (Å²) in [6.07, 6.45) is 0.847. The van der Waals surface area contributed by atoms with Gasteiger partial charge in [-0.2, -0.15) is 0 Å². The number of benzene rings is 3. The third-order valence-corrected chi connectivity index (χ3v) is 4.48. The Morgan fingerprint density at radius 2 is 1.60 bits per heavy atom. The zero-order valence-corrected chi connectivity index (χ0v) is 17.6. The highest BCUT2D eigenvalue weighted by atomic mass is 32.1. The highest BCUT2D eigenvalue weighted by Gasteiger charge is 2.13. The van der Waals surface area contributed by atoms with E-state index in [4.69, 9.17) is 21.7 Å². The van der Waals surface area contributed by atoms with Crippen LogP contribution in [0.5, 0.6) is 11.5 Å². The molecule has 0 unspecified atom stereocenters. The van der Waals surface area contributed by atoms with Crippen LogP contribution in [0.25, 0.3) is 0 Å². The first-order chi connectivity index (χ1) is 14.7. The van der Waals surface area contributed by atoms with Gasteiger partial charge in [0.2, 0.25) is 0 Å². The summed E-state index contributed by atoms with van der Waals surface area (Å²) < 4.78 is 11.3. The van der Waals surface area contributed by atoms with Crippen LogP contribution < -0.4 is 20.1 Å². The molecule has 0 aliphatic rings. The second kappa shape index (κ2) is 11.0. The predicted octanol–water partition coefficient (Wildman–Crippen LogP) is 4.83. The molecule has 1 amide bonds. The largest absolute Gasteiger partial charge is 0.493 e. The number of para-hydroxylation sites is 1. The molecule has 0 aromatic heterocycles. The van der Waals surface area contributed by atoms with Crippen molar-refractivity contribution in [3.63, 3.8) is 0 Å². The van der Waals surface area contributed by atoms with Gasteiger partial charge < -0.3 is 14.8 Å². The molecule has 0 saturated heterocycles. The van der Waals surface area contributed by atoms with Gasteiger partial charge in [0.1, 0.15) is 11.5 Å². The molecule has 0 fully saturated rings. The lowest BCUT2D eigenvalue weighted by molar-refractivity contribution is 0.0974. The maximum absolute atomic E-state index is 12.5. The van der Waals surface area contributed by atoms with Crippen LogP contribution in [0, 0.1) is 0 Å². The van der Waals surface area contributed by atoms with Crippen LogP contribution >= 0.6 is 12.2 Å². The minimum absolute atomic E-state index is 0.212. The molecule has 0 heterocycles. The average Bonchev–Trinajstić information content (AvgIpc) is 2.76. The molecule has 2 N–H and O–H groups in total. The number of carbonyl (C=O) groups excluding carboxylic acids is 1. The van der Waals surface area contributed by atoms with Crippen molar-refractivity contribution in [2.75, 3.05) is 18.5 Å². The lowest BCUT2D eigenvalue weighted by atomic mass is 10.2. The summed E-state index contributed by atoms with van der Waals surface area (Å²) in [6, 6.07) is 24.7. The summed E-state index contributed by atoms with van der Waals surface area (Å²) in [5, 5.41) is 5.90. The van der Waals surface area contributed by atoms with Crippen molar-refractivity contribution in [3.05, 3.63) is 90.0 Å². The maximum atomic E-state index is 12.5. The maximum Gasteiger partial charge on any atom is 0.261 e. The summed E-state index contributed by atoms with van der Waals surface area (Å²) in [4.78, 5) is 12.5. The Bertz CT molecular complexity index is 975. The first kappa shape index (κ1) is 21.3. The molecule has 154 valence electrons. The molecule has 0 atom stereocenters. The SMILES string of the molecule is CCOc1ccccc1C(=O)NC(=S)Nc1ccc(OCCc2ccccc2)cc1. The van der Waals surface area contributed by atoms with Gasteiger partial charge >= 0.3 is 0 Å². The number of rotatable bonds is 8. The first-order valence-electron chi connectivity index (χ1n) is 9.76. The van der Waals surface area contributed by atoms with Crippen molar-refractivity contribution in [2.45, 2.75) is 13.3 Å². The van der Waals surface area contributed by atoms with Gasteiger partial charge in [-0.05, 0) is 61.1 Å². The number of thiocarbonyl (C=S) groups is 1. The predicted molar refractivity (Wildman–Crippen MR) is 123 cm³/mol. The van der Waals surface area contributed by atoms with Crippen molar-refractivity contribution in [3.8, 4) is 11.5 Å². The molecule has 3 aromatic rings.